The van der Waals surface area contributed by atoms with Crippen LogP contribution in [0.3, 0.4) is 0 Å². The fourth-order valence-corrected chi connectivity index (χ4v) is 3.25. The molecule has 0 saturated carbocycles. The Morgan fingerprint density at radius 2 is 1.94 bits per heavy atom. The number of carbonyl (C=O) groups excluding carboxylic acids is 2. The first-order valence-electron chi connectivity index (χ1n) is 10.3. The summed E-state index contributed by atoms with van der Waals surface area (Å²) in [5.41, 5.74) is 1.54. The number of aromatic nitrogens is 2. The number of allylic oxidation sites excluding steroid dienone is 1. The van der Waals surface area contributed by atoms with Gasteiger partial charge in [0.25, 0.3) is 5.91 Å². The summed E-state index contributed by atoms with van der Waals surface area (Å²) in [6.45, 7) is 3.15. The third-order valence-electron chi connectivity index (χ3n) is 5.24. The minimum Gasteiger partial charge on any atom is -0.507 e. The number of carbonyl (C=O) groups is 2. The number of hydrogen-bond donors (Lipinski definition) is 3. The van der Waals surface area contributed by atoms with Gasteiger partial charge >= 0.3 is 5.97 Å². The molecule has 0 aliphatic carbocycles. The van der Waals surface area contributed by atoms with Crippen molar-refractivity contribution in [3.05, 3.63) is 70.7 Å². The molecule has 3 aromatic rings. The maximum atomic E-state index is 12.8. The first kappa shape index (κ1) is 23.8. The van der Waals surface area contributed by atoms with Gasteiger partial charge in [0, 0.05) is 10.6 Å². The zero-order valence-electron chi connectivity index (χ0n) is 18.1. The number of nitrogens with zero attached hydrogens (tertiary/aromatic N) is 2. The van der Waals surface area contributed by atoms with Gasteiger partial charge in [0.1, 0.15) is 24.3 Å². The van der Waals surface area contributed by atoms with Gasteiger partial charge in [-0.1, -0.05) is 44.0 Å². The number of benzene rings is 2. The largest absolute Gasteiger partial charge is 0.507 e. The van der Waals surface area contributed by atoms with E-state index in [0.29, 0.717) is 28.0 Å². The third-order valence-corrected chi connectivity index (χ3v) is 5.49. The minimum absolute atomic E-state index is 0.135. The number of amides is 1. The Morgan fingerprint density at radius 1 is 1.24 bits per heavy atom. The lowest BCUT2D eigenvalue weighted by Gasteiger charge is -2.22. The van der Waals surface area contributed by atoms with Crippen molar-refractivity contribution in [2.24, 2.45) is 5.92 Å². The van der Waals surface area contributed by atoms with E-state index in [-0.39, 0.29) is 17.3 Å². The summed E-state index contributed by atoms with van der Waals surface area (Å²) < 4.78 is 5.25. The monoisotopic (exact) mass is 466 g/mol. The van der Waals surface area contributed by atoms with Crippen molar-refractivity contribution in [2.75, 3.05) is 6.61 Å². The summed E-state index contributed by atoms with van der Waals surface area (Å²) in [5.74, 6) is -1.68. The summed E-state index contributed by atoms with van der Waals surface area (Å²) in [6, 6.07) is 14.4. The standard InChI is InChI=1S/C24H23ClN4O4/c1-3-14(2)21(29-23(31)15-8-10-16(25)11-9-15)24(32)33-13-20(30)17(12-26)22-27-18-6-4-5-7-19(18)28-22/h4-11,14,21,30H,3,13H2,1-2H3,(H,27,28)(H,29,31)/b20-17-. The molecule has 3 N–H and O–H groups in total. The van der Waals surface area contributed by atoms with E-state index in [0.717, 1.165) is 0 Å². The molecule has 1 amide bonds. The van der Waals surface area contributed by atoms with Gasteiger partial charge in [-0.25, -0.2) is 9.78 Å². The SMILES string of the molecule is CCC(C)C(NC(=O)c1ccc(Cl)cc1)C(=O)OC/C(O)=C(\C#N)c1nc2ccccc2[nH]1. The van der Waals surface area contributed by atoms with E-state index in [1.54, 1.807) is 49.4 Å². The van der Waals surface area contributed by atoms with Gasteiger partial charge in [0.05, 0.1) is 11.0 Å². The van der Waals surface area contributed by atoms with Crippen molar-refractivity contribution in [1.29, 1.82) is 5.26 Å². The number of imidazole rings is 1. The van der Waals surface area contributed by atoms with Gasteiger partial charge in [-0.15, -0.1) is 0 Å². The van der Waals surface area contributed by atoms with Crippen LogP contribution in [0.4, 0.5) is 0 Å². The number of aliphatic hydroxyl groups excluding tert-OH is 1. The molecule has 0 aliphatic rings. The first-order chi connectivity index (χ1) is 15.8. The Labute approximate surface area is 195 Å². The van der Waals surface area contributed by atoms with Crippen molar-refractivity contribution in [3.8, 4) is 6.07 Å². The molecule has 2 aromatic carbocycles. The molecule has 0 aliphatic heterocycles. The van der Waals surface area contributed by atoms with Crippen LogP contribution >= 0.6 is 11.6 Å². The van der Waals surface area contributed by atoms with Crippen LogP contribution in [0.2, 0.25) is 5.02 Å². The molecule has 0 saturated heterocycles. The Kier molecular flexibility index (Phi) is 7.70. The van der Waals surface area contributed by atoms with Crippen molar-refractivity contribution >= 4 is 40.1 Å². The zero-order chi connectivity index (χ0) is 24.0. The average Bonchev–Trinajstić information content (AvgIpc) is 3.25. The predicted molar refractivity (Wildman–Crippen MR) is 124 cm³/mol. The van der Waals surface area contributed by atoms with Crippen LogP contribution in [-0.4, -0.2) is 39.6 Å². The Morgan fingerprint density at radius 3 is 2.58 bits per heavy atom. The van der Waals surface area contributed by atoms with Crippen LogP contribution in [0.15, 0.2) is 54.3 Å². The lowest BCUT2D eigenvalue weighted by Crippen LogP contribution is -2.46. The van der Waals surface area contributed by atoms with E-state index in [1.807, 2.05) is 19.1 Å². The topological polar surface area (TPSA) is 128 Å². The Bertz CT molecular complexity index is 1190. The number of hydrogen-bond acceptors (Lipinski definition) is 6. The van der Waals surface area contributed by atoms with Gasteiger partial charge < -0.3 is 20.1 Å². The Hall–Kier alpha value is -3.83. The van der Waals surface area contributed by atoms with E-state index in [4.69, 9.17) is 16.3 Å². The summed E-state index contributed by atoms with van der Waals surface area (Å²) in [5, 5.41) is 23.1. The zero-order valence-corrected chi connectivity index (χ0v) is 18.9. The van der Waals surface area contributed by atoms with Crippen molar-refractivity contribution in [1.82, 2.24) is 15.3 Å². The van der Waals surface area contributed by atoms with Crippen LogP contribution < -0.4 is 5.32 Å². The molecule has 170 valence electrons. The van der Waals surface area contributed by atoms with Crippen molar-refractivity contribution in [3.63, 3.8) is 0 Å². The van der Waals surface area contributed by atoms with Gasteiger partial charge in [-0.2, -0.15) is 5.26 Å². The number of H-pyrrole nitrogens is 1. The van der Waals surface area contributed by atoms with Crippen LogP contribution in [-0.2, 0) is 9.53 Å². The Balaban J connectivity index is 1.73. The summed E-state index contributed by atoms with van der Waals surface area (Å²) >= 11 is 5.86. The highest BCUT2D eigenvalue weighted by molar-refractivity contribution is 6.30. The molecule has 0 bridgehead atoms. The molecule has 0 spiro atoms. The average molecular weight is 467 g/mol. The highest BCUT2D eigenvalue weighted by Gasteiger charge is 2.28. The van der Waals surface area contributed by atoms with Gasteiger partial charge in [0.15, 0.2) is 11.6 Å². The lowest BCUT2D eigenvalue weighted by atomic mass is 9.98. The summed E-state index contributed by atoms with van der Waals surface area (Å²) in [4.78, 5) is 32.6. The molecule has 1 aromatic heterocycles. The third kappa shape index (κ3) is 5.70. The number of aliphatic hydroxyl groups is 1. The molecule has 9 heteroatoms. The summed E-state index contributed by atoms with van der Waals surface area (Å²) in [6.07, 6.45) is 0.602. The van der Waals surface area contributed by atoms with Crippen molar-refractivity contribution < 1.29 is 19.4 Å². The molecule has 8 nitrogen and oxygen atoms in total. The number of para-hydroxylation sites is 2. The van der Waals surface area contributed by atoms with Gasteiger partial charge in [-0.3, -0.25) is 4.79 Å². The second-order valence-corrected chi connectivity index (χ2v) is 7.92. The fourth-order valence-electron chi connectivity index (χ4n) is 3.12. The minimum atomic E-state index is -0.942. The highest BCUT2D eigenvalue weighted by Crippen LogP contribution is 2.19. The van der Waals surface area contributed by atoms with E-state index in [9.17, 15) is 20.0 Å². The normalized spacial score (nSPS) is 13.5. The quantitative estimate of drug-likeness (QED) is 0.256. The predicted octanol–water partition coefficient (Wildman–Crippen LogP) is 4.40. The maximum Gasteiger partial charge on any atom is 0.329 e. The number of ether oxygens (including phenoxy) is 1. The molecule has 0 fully saturated rings. The lowest BCUT2D eigenvalue weighted by molar-refractivity contribution is -0.147. The van der Waals surface area contributed by atoms with Crippen molar-refractivity contribution in [2.45, 2.75) is 26.3 Å². The van der Waals surface area contributed by atoms with Crippen LogP contribution in [0.5, 0.6) is 0 Å². The number of nitrogens with one attached hydrogen (secondary N) is 2. The number of nitriles is 1. The number of esters is 1. The van der Waals surface area contributed by atoms with E-state index < -0.39 is 30.3 Å². The molecule has 2 unspecified atom stereocenters. The second-order valence-electron chi connectivity index (χ2n) is 7.49. The molecule has 3 rings (SSSR count). The smallest absolute Gasteiger partial charge is 0.329 e. The van der Waals surface area contributed by atoms with Crippen LogP contribution in [0.25, 0.3) is 16.6 Å². The van der Waals surface area contributed by atoms with Crippen LogP contribution in [0, 0.1) is 17.2 Å². The molecule has 2 atom stereocenters. The first-order valence-corrected chi connectivity index (χ1v) is 10.7. The number of rotatable bonds is 8. The number of halogens is 1. The molecular weight excluding hydrogens is 444 g/mol. The van der Waals surface area contributed by atoms with E-state index in [1.165, 1.54) is 0 Å². The van der Waals surface area contributed by atoms with Crippen LogP contribution in [0.1, 0.15) is 36.5 Å². The second kappa shape index (κ2) is 10.7. The molecule has 0 radical (unpaired) electrons. The maximum absolute atomic E-state index is 12.8. The number of fused-ring (bicyclic) bond motifs is 1. The summed E-state index contributed by atoms with van der Waals surface area (Å²) in [7, 11) is 0. The number of aromatic amines is 1. The highest BCUT2D eigenvalue weighted by atomic mass is 35.5. The van der Waals surface area contributed by atoms with Gasteiger partial charge in [-0.05, 0) is 42.3 Å². The molecule has 33 heavy (non-hydrogen) atoms. The van der Waals surface area contributed by atoms with E-state index >= 15 is 0 Å². The molecule has 1 heterocycles. The fraction of sp³-hybridized carbons (Fsp3) is 0.250. The van der Waals surface area contributed by atoms with E-state index in [2.05, 4.69) is 15.3 Å². The van der Waals surface area contributed by atoms with Gasteiger partial charge in [0.2, 0.25) is 0 Å². The molecular formula is C24H23ClN4O4.